The first-order valence-electron chi connectivity index (χ1n) is 6.48. The molecule has 0 bridgehead atoms. The van der Waals surface area contributed by atoms with Gasteiger partial charge >= 0.3 is 0 Å². The summed E-state index contributed by atoms with van der Waals surface area (Å²) in [4.78, 5) is 4.35. The molecule has 0 saturated carbocycles. The SMILES string of the molecule is CC(C)C(CCCl)Nc1ccnc2cc(Cl)ccc12. The molecule has 1 atom stereocenters. The van der Waals surface area contributed by atoms with Crippen LogP contribution in [0.5, 0.6) is 0 Å². The Hall–Kier alpha value is -0.990. The van der Waals surface area contributed by atoms with Crippen molar-refractivity contribution in [1.29, 1.82) is 0 Å². The molecule has 0 aliphatic rings. The van der Waals surface area contributed by atoms with E-state index in [1.807, 2.05) is 24.3 Å². The molecule has 2 aromatic rings. The van der Waals surface area contributed by atoms with Crippen LogP contribution in [0.25, 0.3) is 10.9 Å². The second-order valence-corrected chi connectivity index (χ2v) is 5.81. The standard InChI is InChI=1S/C15H18Cl2N2/c1-10(2)13(5-7-16)19-14-6-8-18-15-9-11(17)3-4-12(14)15/h3-4,6,8-10,13H,5,7H2,1-2H3,(H,18,19). The maximum Gasteiger partial charge on any atom is 0.0737 e. The molecule has 0 fully saturated rings. The van der Waals surface area contributed by atoms with Crippen molar-refractivity contribution in [2.24, 2.45) is 5.92 Å². The van der Waals surface area contributed by atoms with Crippen molar-refractivity contribution in [2.75, 3.05) is 11.2 Å². The number of hydrogen-bond acceptors (Lipinski definition) is 2. The summed E-state index contributed by atoms with van der Waals surface area (Å²) in [6, 6.07) is 8.14. The molecule has 4 heteroatoms. The van der Waals surface area contributed by atoms with Crippen LogP contribution in [0.2, 0.25) is 5.02 Å². The van der Waals surface area contributed by atoms with Gasteiger partial charge in [-0.2, -0.15) is 0 Å². The average molecular weight is 297 g/mol. The van der Waals surface area contributed by atoms with Gasteiger partial charge in [-0.1, -0.05) is 25.4 Å². The van der Waals surface area contributed by atoms with E-state index >= 15 is 0 Å². The van der Waals surface area contributed by atoms with Gasteiger partial charge in [-0.25, -0.2) is 0 Å². The van der Waals surface area contributed by atoms with E-state index in [9.17, 15) is 0 Å². The molecule has 0 aliphatic carbocycles. The lowest BCUT2D eigenvalue weighted by molar-refractivity contribution is 0.513. The summed E-state index contributed by atoms with van der Waals surface area (Å²) in [6.07, 6.45) is 2.75. The zero-order valence-electron chi connectivity index (χ0n) is 11.2. The van der Waals surface area contributed by atoms with Crippen LogP contribution in [-0.4, -0.2) is 16.9 Å². The minimum absolute atomic E-state index is 0.360. The van der Waals surface area contributed by atoms with Crippen LogP contribution in [0.3, 0.4) is 0 Å². The van der Waals surface area contributed by atoms with Gasteiger partial charge in [0, 0.05) is 34.2 Å². The largest absolute Gasteiger partial charge is 0.381 e. The molecular weight excluding hydrogens is 279 g/mol. The Morgan fingerprint density at radius 2 is 2.05 bits per heavy atom. The molecule has 0 spiro atoms. The van der Waals surface area contributed by atoms with E-state index in [1.54, 1.807) is 6.20 Å². The Kier molecular flexibility index (Phi) is 4.89. The Morgan fingerprint density at radius 3 is 2.74 bits per heavy atom. The third kappa shape index (κ3) is 3.52. The minimum atomic E-state index is 0.360. The van der Waals surface area contributed by atoms with Gasteiger partial charge in [-0.3, -0.25) is 4.98 Å². The minimum Gasteiger partial charge on any atom is -0.381 e. The van der Waals surface area contributed by atoms with Gasteiger partial charge in [0.15, 0.2) is 0 Å². The number of aromatic nitrogens is 1. The Morgan fingerprint density at radius 1 is 1.26 bits per heavy atom. The van der Waals surface area contributed by atoms with Crippen molar-refractivity contribution in [3.05, 3.63) is 35.5 Å². The number of benzene rings is 1. The maximum absolute atomic E-state index is 6.00. The molecule has 1 heterocycles. The molecule has 1 unspecified atom stereocenters. The summed E-state index contributed by atoms with van der Waals surface area (Å²) < 4.78 is 0. The normalized spacial score (nSPS) is 12.9. The second-order valence-electron chi connectivity index (χ2n) is 4.99. The van der Waals surface area contributed by atoms with Crippen LogP contribution in [0.15, 0.2) is 30.5 Å². The lowest BCUT2D eigenvalue weighted by atomic mass is 10.0. The third-order valence-corrected chi connectivity index (χ3v) is 3.72. The smallest absolute Gasteiger partial charge is 0.0737 e. The number of rotatable bonds is 5. The van der Waals surface area contributed by atoms with E-state index < -0.39 is 0 Å². The first-order valence-corrected chi connectivity index (χ1v) is 7.40. The van der Waals surface area contributed by atoms with Gasteiger partial charge < -0.3 is 5.32 Å². The fourth-order valence-corrected chi connectivity index (χ4v) is 2.54. The Bertz CT molecular complexity index is 555. The summed E-state index contributed by atoms with van der Waals surface area (Å²) in [5, 5.41) is 5.37. The topological polar surface area (TPSA) is 24.9 Å². The van der Waals surface area contributed by atoms with Crippen molar-refractivity contribution in [3.63, 3.8) is 0 Å². The van der Waals surface area contributed by atoms with E-state index in [1.165, 1.54) is 0 Å². The summed E-state index contributed by atoms with van der Waals surface area (Å²) in [5.41, 5.74) is 2.00. The highest BCUT2D eigenvalue weighted by Crippen LogP contribution is 2.26. The van der Waals surface area contributed by atoms with Crippen LogP contribution < -0.4 is 5.32 Å². The lowest BCUT2D eigenvalue weighted by Gasteiger charge is -2.23. The number of fused-ring (bicyclic) bond motifs is 1. The van der Waals surface area contributed by atoms with Gasteiger partial charge in [0.25, 0.3) is 0 Å². The highest BCUT2D eigenvalue weighted by Gasteiger charge is 2.13. The quantitative estimate of drug-likeness (QED) is 0.789. The summed E-state index contributed by atoms with van der Waals surface area (Å²) in [5.74, 6) is 1.18. The average Bonchev–Trinajstić information content (AvgIpc) is 2.37. The van der Waals surface area contributed by atoms with Crippen molar-refractivity contribution >= 4 is 39.8 Å². The van der Waals surface area contributed by atoms with Crippen molar-refractivity contribution in [1.82, 2.24) is 4.98 Å². The lowest BCUT2D eigenvalue weighted by Crippen LogP contribution is -2.26. The van der Waals surface area contributed by atoms with Gasteiger partial charge in [-0.15, -0.1) is 11.6 Å². The maximum atomic E-state index is 6.00. The molecule has 1 aromatic heterocycles. The van der Waals surface area contributed by atoms with Gasteiger partial charge in [-0.05, 0) is 36.6 Å². The van der Waals surface area contributed by atoms with Crippen LogP contribution >= 0.6 is 23.2 Å². The fraction of sp³-hybridized carbons (Fsp3) is 0.400. The van der Waals surface area contributed by atoms with Gasteiger partial charge in [0.1, 0.15) is 0 Å². The predicted molar refractivity (Wildman–Crippen MR) is 84.3 cm³/mol. The van der Waals surface area contributed by atoms with E-state index in [-0.39, 0.29) is 0 Å². The third-order valence-electron chi connectivity index (χ3n) is 3.27. The van der Waals surface area contributed by atoms with Crippen molar-refractivity contribution < 1.29 is 0 Å². The second kappa shape index (κ2) is 6.44. The molecule has 0 amide bonds. The number of hydrogen-bond donors (Lipinski definition) is 1. The molecular formula is C15H18Cl2N2. The van der Waals surface area contributed by atoms with Gasteiger partial charge in [0.05, 0.1) is 5.52 Å². The molecule has 19 heavy (non-hydrogen) atoms. The van der Waals surface area contributed by atoms with E-state index in [2.05, 4.69) is 24.1 Å². The van der Waals surface area contributed by atoms with E-state index in [4.69, 9.17) is 23.2 Å². The summed E-state index contributed by atoms with van der Waals surface area (Å²) in [6.45, 7) is 4.40. The van der Waals surface area contributed by atoms with Gasteiger partial charge in [0.2, 0.25) is 0 Å². The van der Waals surface area contributed by atoms with Crippen LogP contribution in [0.4, 0.5) is 5.69 Å². The molecule has 0 radical (unpaired) electrons. The predicted octanol–water partition coefficient (Wildman–Crippen LogP) is 4.95. The summed E-state index contributed by atoms with van der Waals surface area (Å²) in [7, 11) is 0. The summed E-state index contributed by atoms with van der Waals surface area (Å²) >= 11 is 11.9. The zero-order valence-corrected chi connectivity index (χ0v) is 12.7. The Labute approximate surface area is 124 Å². The van der Waals surface area contributed by atoms with E-state index in [0.717, 1.165) is 23.0 Å². The molecule has 1 aromatic carbocycles. The zero-order chi connectivity index (χ0) is 13.8. The molecule has 0 saturated heterocycles. The number of halogens is 2. The molecule has 102 valence electrons. The monoisotopic (exact) mass is 296 g/mol. The first-order chi connectivity index (χ1) is 9.11. The number of anilines is 1. The number of nitrogens with zero attached hydrogens (tertiary/aromatic N) is 1. The molecule has 0 aliphatic heterocycles. The van der Waals surface area contributed by atoms with E-state index in [0.29, 0.717) is 22.9 Å². The van der Waals surface area contributed by atoms with Crippen LogP contribution in [0.1, 0.15) is 20.3 Å². The Balaban J connectivity index is 2.34. The molecule has 2 rings (SSSR count). The van der Waals surface area contributed by atoms with Crippen LogP contribution in [-0.2, 0) is 0 Å². The van der Waals surface area contributed by atoms with Crippen LogP contribution in [0, 0.1) is 5.92 Å². The van der Waals surface area contributed by atoms with Crippen molar-refractivity contribution in [2.45, 2.75) is 26.3 Å². The number of pyridine rings is 1. The van der Waals surface area contributed by atoms with Crippen molar-refractivity contribution in [3.8, 4) is 0 Å². The first kappa shape index (κ1) is 14.4. The highest BCUT2D eigenvalue weighted by atomic mass is 35.5. The number of nitrogens with one attached hydrogen (secondary N) is 1. The highest BCUT2D eigenvalue weighted by molar-refractivity contribution is 6.31. The fourth-order valence-electron chi connectivity index (χ4n) is 2.14. The number of alkyl halides is 1. The molecule has 1 N–H and O–H groups in total. The molecule has 2 nitrogen and oxygen atoms in total.